The van der Waals surface area contributed by atoms with Crippen molar-refractivity contribution in [1.82, 2.24) is 15.3 Å². The van der Waals surface area contributed by atoms with Crippen molar-refractivity contribution in [1.29, 1.82) is 0 Å². The highest BCUT2D eigenvalue weighted by Gasteiger charge is 2.18. The van der Waals surface area contributed by atoms with Gasteiger partial charge in [0.1, 0.15) is 0 Å². The van der Waals surface area contributed by atoms with Gasteiger partial charge in [0, 0.05) is 19.6 Å². The average Bonchev–Trinajstić information content (AvgIpc) is 2.21. The van der Waals surface area contributed by atoms with Gasteiger partial charge in [0.15, 0.2) is 0 Å². The minimum absolute atomic E-state index is 0.133. The Labute approximate surface area is 83.1 Å². The molecular formula is C6H18N3O4P. The monoisotopic (exact) mass is 227 g/mol. The van der Waals surface area contributed by atoms with Crippen molar-refractivity contribution in [3.8, 4) is 0 Å². The summed E-state index contributed by atoms with van der Waals surface area (Å²) in [6.45, 7) is 0.124. The number of hydrogen-bond donors (Lipinski definition) is 6. The fourth-order valence-electron chi connectivity index (χ4n) is 0.790. The van der Waals surface area contributed by atoms with E-state index in [1.54, 1.807) is 0 Å². The van der Waals surface area contributed by atoms with Crippen molar-refractivity contribution < 1.29 is 19.9 Å². The summed E-state index contributed by atoms with van der Waals surface area (Å²) in [6.07, 6.45) is 0. The van der Waals surface area contributed by atoms with E-state index < -0.39 is 7.59 Å². The lowest BCUT2D eigenvalue weighted by atomic mass is 10.8. The number of aliphatic hydroxyl groups excluding tert-OH is 3. The fourth-order valence-corrected chi connectivity index (χ4v) is 2.37. The van der Waals surface area contributed by atoms with Gasteiger partial charge in [-0.15, -0.1) is 0 Å². The molecule has 0 unspecified atom stereocenters. The largest absolute Gasteiger partial charge is 0.395 e. The van der Waals surface area contributed by atoms with Crippen molar-refractivity contribution in [3.05, 3.63) is 0 Å². The molecule has 0 bridgehead atoms. The molecule has 0 aromatic carbocycles. The molecule has 0 aromatic rings. The lowest BCUT2D eigenvalue weighted by molar-refractivity contribution is 0.291. The molecule has 6 N–H and O–H groups in total. The second kappa shape index (κ2) is 8.31. The maximum atomic E-state index is 11.8. The van der Waals surface area contributed by atoms with E-state index >= 15 is 0 Å². The van der Waals surface area contributed by atoms with Crippen LogP contribution in [0, 0.1) is 0 Å². The molecule has 0 heterocycles. The summed E-state index contributed by atoms with van der Waals surface area (Å²) >= 11 is 0. The Balaban J connectivity index is 3.97. The first-order valence-electron chi connectivity index (χ1n) is 4.36. The molecule has 0 aliphatic heterocycles. The predicted octanol–water partition coefficient (Wildman–Crippen LogP) is -2.16. The highest BCUT2D eigenvalue weighted by atomic mass is 31.2. The minimum atomic E-state index is -3.00. The molecule has 0 aliphatic rings. The third-order valence-electron chi connectivity index (χ3n) is 1.34. The van der Waals surface area contributed by atoms with Crippen LogP contribution in [0.25, 0.3) is 0 Å². The van der Waals surface area contributed by atoms with Crippen LogP contribution in [0.15, 0.2) is 0 Å². The standard InChI is InChI=1S/C6H18N3O4P/c10-4-1-7-14(13,8-2-5-11)9-3-6-12/h10-12H,1-6H2,(H3,7,8,9,13). The van der Waals surface area contributed by atoms with Crippen molar-refractivity contribution >= 4 is 7.59 Å². The van der Waals surface area contributed by atoms with Gasteiger partial charge in [0.2, 0.25) is 0 Å². The summed E-state index contributed by atoms with van der Waals surface area (Å²) in [5.41, 5.74) is 0. The SMILES string of the molecule is O=P(NCCO)(NCCO)NCCO. The van der Waals surface area contributed by atoms with Gasteiger partial charge in [-0.3, -0.25) is 4.57 Å². The summed E-state index contributed by atoms with van der Waals surface area (Å²) in [5, 5.41) is 33.4. The van der Waals surface area contributed by atoms with E-state index in [0.29, 0.717) is 0 Å². The number of rotatable bonds is 9. The van der Waals surface area contributed by atoms with Gasteiger partial charge >= 0.3 is 0 Å². The van der Waals surface area contributed by atoms with E-state index in [0.717, 1.165) is 0 Å². The first-order chi connectivity index (χ1) is 6.68. The first kappa shape index (κ1) is 14.0. The lowest BCUT2D eigenvalue weighted by Gasteiger charge is -2.20. The van der Waals surface area contributed by atoms with Crippen LogP contribution in [0.3, 0.4) is 0 Å². The Morgan fingerprint density at radius 1 is 0.786 bits per heavy atom. The molecule has 0 aliphatic carbocycles. The van der Waals surface area contributed by atoms with E-state index in [1.165, 1.54) is 0 Å². The second-order valence-corrected chi connectivity index (χ2v) is 4.67. The van der Waals surface area contributed by atoms with E-state index in [9.17, 15) is 4.57 Å². The van der Waals surface area contributed by atoms with E-state index in [4.69, 9.17) is 15.3 Å². The summed E-state index contributed by atoms with van der Waals surface area (Å²) < 4.78 is 11.8. The topological polar surface area (TPSA) is 114 Å². The zero-order valence-corrected chi connectivity index (χ0v) is 8.83. The van der Waals surface area contributed by atoms with Gasteiger partial charge in [-0.25, -0.2) is 15.3 Å². The Kier molecular flexibility index (Phi) is 8.30. The Hall–Kier alpha value is -0.0100. The maximum absolute atomic E-state index is 11.8. The summed E-state index contributed by atoms with van der Waals surface area (Å²) in [6, 6.07) is 0. The van der Waals surface area contributed by atoms with Crippen LogP contribution < -0.4 is 15.3 Å². The molecule has 0 amide bonds. The molecule has 0 saturated carbocycles. The summed E-state index contributed by atoms with van der Waals surface area (Å²) in [5.74, 6) is 0. The molecule has 0 saturated heterocycles. The molecule has 0 fully saturated rings. The van der Waals surface area contributed by atoms with Crippen LogP contribution in [0.1, 0.15) is 0 Å². The zero-order valence-electron chi connectivity index (χ0n) is 7.94. The molecule has 0 radical (unpaired) electrons. The van der Waals surface area contributed by atoms with E-state index in [2.05, 4.69) is 15.3 Å². The van der Waals surface area contributed by atoms with Gasteiger partial charge in [0.05, 0.1) is 19.8 Å². The zero-order chi connectivity index (χ0) is 10.9. The predicted molar refractivity (Wildman–Crippen MR) is 52.9 cm³/mol. The van der Waals surface area contributed by atoms with Crippen molar-refractivity contribution in [2.24, 2.45) is 0 Å². The van der Waals surface area contributed by atoms with Gasteiger partial charge < -0.3 is 15.3 Å². The lowest BCUT2D eigenvalue weighted by Crippen LogP contribution is -2.35. The molecule has 0 rings (SSSR count). The van der Waals surface area contributed by atoms with Crippen LogP contribution in [0.5, 0.6) is 0 Å². The number of nitrogens with one attached hydrogen (secondary N) is 3. The first-order valence-corrected chi connectivity index (χ1v) is 6.07. The van der Waals surface area contributed by atoms with E-state index in [-0.39, 0.29) is 39.5 Å². The maximum Gasteiger partial charge on any atom is 0.279 e. The van der Waals surface area contributed by atoms with Crippen molar-refractivity contribution in [2.75, 3.05) is 39.5 Å². The molecule has 0 aromatic heterocycles. The average molecular weight is 227 g/mol. The third kappa shape index (κ3) is 6.44. The van der Waals surface area contributed by atoms with Crippen molar-refractivity contribution in [2.45, 2.75) is 0 Å². The Bertz CT molecular complexity index is 152. The fraction of sp³-hybridized carbons (Fsp3) is 1.00. The van der Waals surface area contributed by atoms with Crippen LogP contribution >= 0.6 is 7.59 Å². The molecule has 0 spiro atoms. The molecule has 7 nitrogen and oxygen atoms in total. The highest BCUT2D eigenvalue weighted by Crippen LogP contribution is 2.28. The van der Waals surface area contributed by atoms with Gasteiger partial charge in [-0.05, 0) is 0 Å². The van der Waals surface area contributed by atoms with Crippen LogP contribution in [-0.4, -0.2) is 54.8 Å². The number of aliphatic hydroxyl groups is 3. The normalized spacial score (nSPS) is 11.9. The quantitative estimate of drug-likeness (QED) is 0.249. The van der Waals surface area contributed by atoms with Gasteiger partial charge in [-0.2, -0.15) is 0 Å². The molecule has 86 valence electrons. The molecular weight excluding hydrogens is 209 g/mol. The Morgan fingerprint density at radius 3 is 1.29 bits per heavy atom. The van der Waals surface area contributed by atoms with Crippen LogP contribution in [0.2, 0.25) is 0 Å². The van der Waals surface area contributed by atoms with Gasteiger partial charge in [0.25, 0.3) is 7.59 Å². The molecule has 0 atom stereocenters. The minimum Gasteiger partial charge on any atom is -0.395 e. The van der Waals surface area contributed by atoms with Crippen molar-refractivity contribution in [3.63, 3.8) is 0 Å². The summed E-state index contributed by atoms with van der Waals surface area (Å²) in [7, 11) is -3.00. The third-order valence-corrected chi connectivity index (χ3v) is 3.35. The second-order valence-electron chi connectivity index (χ2n) is 2.50. The van der Waals surface area contributed by atoms with Crippen LogP contribution in [-0.2, 0) is 4.57 Å². The molecule has 14 heavy (non-hydrogen) atoms. The highest BCUT2D eigenvalue weighted by molar-refractivity contribution is 7.57. The molecule has 8 heteroatoms. The number of hydrogen-bond acceptors (Lipinski definition) is 4. The smallest absolute Gasteiger partial charge is 0.279 e. The Morgan fingerprint density at radius 2 is 1.07 bits per heavy atom. The van der Waals surface area contributed by atoms with Gasteiger partial charge in [-0.1, -0.05) is 0 Å². The van der Waals surface area contributed by atoms with Crippen LogP contribution in [0.4, 0.5) is 0 Å². The summed E-state index contributed by atoms with van der Waals surface area (Å²) in [4.78, 5) is 0. The van der Waals surface area contributed by atoms with E-state index in [1.807, 2.05) is 0 Å².